The molecule has 3 heterocycles. The Kier molecular flexibility index (Phi) is 5.84. The maximum absolute atomic E-state index is 12.7. The second-order valence-corrected chi connectivity index (χ2v) is 8.53. The molecule has 4 amide bonds. The van der Waals surface area contributed by atoms with E-state index in [0.717, 1.165) is 16.7 Å². The number of imide groups is 1. The van der Waals surface area contributed by atoms with Gasteiger partial charge in [0.15, 0.2) is 18.1 Å². The number of fused-ring (bicyclic) bond motifs is 2. The largest absolute Gasteiger partial charge is 0.482 e. The molecule has 0 aliphatic carbocycles. The zero-order chi connectivity index (χ0) is 23.7. The lowest BCUT2D eigenvalue weighted by molar-refractivity contribution is -0.125. The summed E-state index contributed by atoms with van der Waals surface area (Å²) in [5.41, 5.74) is 1.23. The molecule has 0 spiro atoms. The van der Waals surface area contributed by atoms with E-state index in [1.54, 1.807) is 48.5 Å². The fourth-order valence-corrected chi connectivity index (χ4v) is 4.55. The lowest BCUT2D eigenvalue weighted by Crippen LogP contribution is -2.46. The van der Waals surface area contributed by atoms with Crippen LogP contribution in [0, 0.1) is 0 Å². The van der Waals surface area contributed by atoms with Crippen molar-refractivity contribution < 1.29 is 33.4 Å². The van der Waals surface area contributed by atoms with Gasteiger partial charge in [-0.3, -0.25) is 29.0 Å². The fourth-order valence-electron chi connectivity index (χ4n) is 3.68. The highest BCUT2D eigenvalue weighted by Crippen LogP contribution is 2.36. The highest BCUT2D eigenvalue weighted by Gasteiger charge is 2.35. The second kappa shape index (κ2) is 9.10. The van der Waals surface area contributed by atoms with Crippen molar-refractivity contribution in [1.29, 1.82) is 0 Å². The van der Waals surface area contributed by atoms with Gasteiger partial charge < -0.3 is 19.5 Å². The Hall–Kier alpha value is -3.99. The van der Waals surface area contributed by atoms with Gasteiger partial charge in [0.2, 0.25) is 12.7 Å². The van der Waals surface area contributed by atoms with E-state index in [2.05, 4.69) is 5.32 Å². The molecule has 10 nitrogen and oxygen atoms in total. The van der Waals surface area contributed by atoms with Gasteiger partial charge in [-0.1, -0.05) is 18.2 Å². The van der Waals surface area contributed by atoms with Crippen LogP contribution in [0.15, 0.2) is 47.4 Å². The topological polar surface area (TPSA) is 114 Å². The summed E-state index contributed by atoms with van der Waals surface area (Å²) in [6.07, 6.45) is 1.62. The van der Waals surface area contributed by atoms with E-state index in [-0.39, 0.29) is 43.8 Å². The van der Waals surface area contributed by atoms with Crippen molar-refractivity contribution in [2.24, 2.45) is 0 Å². The van der Waals surface area contributed by atoms with Gasteiger partial charge in [-0.25, -0.2) is 0 Å². The van der Waals surface area contributed by atoms with Crippen LogP contribution in [0.1, 0.15) is 5.56 Å². The highest BCUT2D eigenvalue weighted by molar-refractivity contribution is 8.18. The van der Waals surface area contributed by atoms with Crippen LogP contribution in [0.25, 0.3) is 6.08 Å². The first-order valence-corrected chi connectivity index (χ1v) is 11.2. The minimum absolute atomic E-state index is 0.0164. The number of anilines is 1. The number of thioether (sulfide) groups is 1. The normalized spacial score (nSPS) is 17.8. The van der Waals surface area contributed by atoms with Crippen LogP contribution in [0.2, 0.25) is 0 Å². The predicted molar refractivity (Wildman–Crippen MR) is 123 cm³/mol. The lowest BCUT2D eigenvalue weighted by Gasteiger charge is -2.28. The smallest absolute Gasteiger partial charge is 0.293 e. The molecular formula is C23H19N3O7S. The molecule has 0 aromatic heterocycles. The van der Waals surface area contributed by atoms with Gasteiger partial charge in [-0.15, -0.1) is 0 Å². The molecule has 3 aliphatic rings. The summed E-state index contributed by atoms with van der Waals surface area (Å²) in [6.45, 7) is -0.105. The summed E-state index contributed by atoms with van der Waals surface area (Å²) >= 11 is 0.837. The summed E-state index contributed by atoms with van der Waals surface area (Å²) in [5, 5.41) is 2.25. The first kappa shape index (κ1) is 21.8. The third-order valence-corrected chi connectivity index (χ3v) is 6.24. The number of hydrogen-bond acceptors (Lipinski definition) is 8. The molecule has 0 unspecified atom stereocenters. The van der Waals surface area contributed by atoms with E-state index in [1.807, 2.05) is 0 Å². The van der Waals surface area contributed by atoms with E-state index in [4.69, 9.17) is 14.2 Å². The molecule has 0 saturated carbocycles. The van der Waals surface area contributed by atoms with Crippen molar-refractivity contribution in [2.45, 2.75) is 0 Å². The molecule has 1 saturated heterocycles. The van der Waals surface area contributed by atoms with Gasteiger partial charge >= 0.3 is 0 Å². The van der Waals surface area contributed by atoms with Gasteiger partial charge in [-0.05, 0) is 47.7 Å². The van der Waals surface area contributed by atoms with Crippen LogP contribution in [-0.4, -0.2) is 60.9 Å². The zero-order valence-electron chi connectivity index (χ0n) is 17.8. The third kappa shape index (κ3) is 4.29. The number of carbonyl (C=O) groups is 4. The second-order valence-electron chi connectivity index (χ2n) is 7.53. The number of amides is 4. The van der Waals surface area contributed by atoms with Crippen molar-refractivity contribution >= 4 is 46.5 Å². The van der Waals surface area contributed by atoms with Crippen LogP contribution in [-0.2, 0) is 14.4 Å². The number of rotatable bonds is 6. The number of carbonyl (C=O) groups excluding carboxylic acids is 4. The number of hydrogen-bond donors (Lipinski definition) is 1. The fraction of sp³-hybridized carbons (Fsp3) is 0.217. The molecule has 0 atom stereocenters. The predicted octanol–water partition coefficient (Wildman–Crippen LogP) is 1.99. The monoisotopic (exact) mass is 481 g/mol. The molecule has 0 radical (unpaired) electrons. The van der Waals surface area contributed by atoms with Crippen LogP contribution >= 0.6 is 11.8 Å². The first-order chi connectivity index (χ1) is 16.5. The summed E-state index contributed by atoms with van der Waals surface area (Å²) < 4.78 is 16.0. The maximum atomic E-state index is 12.7. The average Bonchev–Trinajstić information content (AvgIpc) is 3.40. The molecule has 2 aromatic rings. The Morgan fingerprint density at radius 2 is 1.82 bits per heavy atom. The minimum atomic E-state index is -0.431. The first-order valence-electron chi connectivity index (χ1n) is 10.4. The molecular weight excluding hydrogens is 462 g/mol. The van der Waals surface area contributed by atoms with E-state index < -0.39 is 17.1 Å². The standard InChI is InChI=1S/C23H19N3O7S/c27-20(11-26-15-3-1-2-4-16(15)31-12-21(26)28)24-7-8-25-22(29)19(34-23(25)30)10-14-5-6-17-18(9-14)33-13-32-17/h1-6,9-10H,7-8,11-13H2,(H,24,27)/b19-10-. The van der Waals surface area contributed by atoms with E-state index >= 15 is 0 Å². The average molecular weight is 481 g/mol. The van der Waals surface area contributed by atoms with Crippen LogP contribution in [0.4, 0.5) is 10.5 Å². The summed E-state index contributed by atoms with van der Waals surface area (Å²) in [4.78, 5) is 52.4. The number of nitrogens with zero attached hydrogens (tertiary/aromatic N) is 2. The lowest BCUT2D eigenvalue weighted by atomic mass is 10.2. The van der Waals surface area contributed by atoms with Crippen LogP contribution < -0.4 is 24.4 Å². The van der Waals surface area contributed by atoms with Crippen molar-refractivity contribution in [3.8, 4) is 17.2 Å². The summed E-state index contributed by atoms with van der Waals surface area (Å²) in [7, 11) is 0. The molecule has 174 valence electrons. The zero-order valence-corrected chi connectivity index (χ0v) is 18.6. The maximum Gasteiger partial charge on any atom is 0.293 e. The third-order valence-electron chi connectivity index (χ3n) is 5.34. The van der Waals surface area contributed by atoms with Gasteiger partial charge in [0.25, 0.3) is 17.1 Å². The Morgan fingerprint density at radius 3 is 2.71 bits per heavy atom. The molecule has 1 fully saturated rings. The van der Waals surface area contributed by atoms with E-state index in [0.29, 0.717) is 28.5 Å². The summed E-state index contributed by atoms with van der Waals surface area (Å²) in [5.74, 6) is 0.572. The van der Waals surface area contributed by atoms with E-state index in [1.165, 1.54) is 4.90 Å². The van der Waals surface area contributed by atoms with Gasteiger partial charge in [-0.2, -0.15) is 0 Å². The molecule has 1 N–H and O–H groups in total. The molecule has 2 aromatic carbocycles. The SMILES string of the molecule is O=C(CN1C(=O)COc2ccccc21)NCCN1C(=O)S/C(=C\c2ccc3c(c2)OCO3)C1=O. The number of para-hydroxylation sites is 2. The van der Waals surface area contributed by atoms with Crippen molar-refractivity contribution in [3.63, 3.8) is 0 Å². The molecule has 0 bridgehead atoms. The minimum Gasteiger partial charge on any atom is -0.482 e. The Labute approximate surface area is 198 Å². The Morgan fingerprint density at radius 1 is 1.00 bits per heavy atom. The highest BCUT2D eigenvalue weighted by atomic mass is 32.2. The molecule has 11 heteroatoms. The molecule has 34 heavy (non-hydrogen) atoms. The van der Waals surface area contributed by atoms with Gasteiger partial charge in [0.05, 0.1) is 10.6 Å². The van der Waals surface area contributed by atoms with Crippen molar-refractivity contribution in [3.05, 3.63) is 52.9 Å². The van der Waals surface area contributed by atoms with Gasteiger partial charge in [0.1, 0.15) is 12.3 Å². The summed E-state index contributed by atoms with van der Waals surface area (Å²) in [6, 6.07) is 12.2. The molecule has 5 rings (SSSR count). The Bertz CT molecular complexity index is 1230. The van der Waals surface area contributed by atoms with Crippen LogP contribution in [0.3, 0.4) is 0 Å². The van der Waals surface area contributed by atoms with Crippen molar-refractivity contribution in [1.82, 2.24) is 10.2 Å². The van der Waals surface area contributed by atoms with Crippen LogP contribution in [0.5, 0.6) is 17.2 Å². The number of nitrogens with one attached hydrogen (secondary N) is 1. The van der Waals surface area contributed by atoms with Crippen molar-refractivity contribution in [2.75, 3.05) is 37.9 Å². The number of benzene rings is 2. The Balaban J connectivity index is 1.17. The quantitative estimate of drug-likeness (QED) is 0.623. The molecule has 3 aliphatic heterocycles. The van der Waals surface area contributed by atoms with Gasteiger partial charge in [0, 0.05) is 13.1 Å². The number of ether oxygens (including phenoxy) is 3. The van der Waals surface area contributed by atoms with E-state index in [9.17, 15) is 19.2 Å².